The molecule has 0 radical (unpaired) electrons. The quantitative estimate of drug-likeness (QED) is 0.424. The zero-order valence-corrected chi connectivity index (χ0v) is 20.0. The van der Waals surface area contributed by atoms with Gasteiger partial charge in [-0.3, -0.25) is 9.59 Å². The first-order valence-electron chi connectivity index (χ1n) is 11.7. The molecule has 3 rings (SSSR count). The van der Waals surface area contributed by atoms with Gasteiger partial charge in [0.15, 0.2) is 11.5 Å². The maximum absolute atomic E-state index is 15.4. The number of epoxide rings is 1. The summed E-state index contributed by atoms with van der Waals surface area (Å²) in [5.41, 5.74) is -1.96. The van der Waals surface area contributed by atoms with E-state index in [1.54, 1.807) is 6.92 Å². The Labute approximate surface area is 189 Å². The number of carbonyl (C=O) groups excluding carboxylic acids is 2. The van der Waals surface area contributed by atoms with Crippen molar-refractivity contribution in [1.82, 2.24) is 4.98 Å². The number of aryl methyl sites for hydroxylation is 1. The Morgan fingerprint density at radius 3 is 2.59 bits per heavy atom. The number of Topliss-reactive ketones (excluding diaryl/α,β-unsaturated/α-hetero) is 1. The Balaban J connectivity index is 1.76. The number of hydrogen-bond donors (Lipinski definition) is 0. The highest BCUT2D eigenvalue weighted by molar-refractivity contribution is 5.84. The molecular weight excluding hydrogens is 413 g/mol. The number of nitrogens with zero attached hydrogens (tertiary/aromatic N) is 1. The predicted octanol–water partition coefficient (Wildman–Crippen LogP) is 5.73. The van der Waals surface area contributed by atoms with Crippen molar-refractivity contribution in [2.24, 2.45) is 11.3 Å². The van der Waals surface area contributed by atoms with E-state index < -0.39 is 22.4 Å². The van der Waals surface area contributed by atoms with Gasteiger partial charge in [0, 0.05) is 37.7 Å². The van der Waals surface area contributed by atoms with E-state index in [-0.39, 0.29) is 31.2 Å². The summed E-state index contributed by atoms with van der Waals surface area (Å²) in [6, 6.07) is 0. The minimum atomic E-state index is -1.13. The number of ketones is 1. The van der Waals surface area contributed by atoms with Crippen LogP contribution in [0.15, 0.2) is 16.5 Å². The lowest BCUT2D eigenvalue weighted by molar-refractivity contribution is -0.145. The van der Waals surface area contributed by atoms with E-state index in [0.717, 1.165) is 19.3 Å². The number of carbonyl (C=O) groups is 2. The normalized spacial score (nSPS) is 32.8. The summed E-state index contributed by atoms with van der Waals surface area (Å²) in [5, 5.41) is 0. The van der Waals surface area contributed by atoms with Gasteiger partial charge in [0.2, 0.25) is 0 Å². The first kappa shape index (κ1) is 24.6. The SMILES string of the molecule is Cc1nc(C=C(F)C23CCOC(=O)CCC(C)(C)C(=O)CCC(C)CCCC2(C)O3)co1. The summed E-state index contributed by atoms with van der Waals surface area (Å²) in [4.78, 5) is 29.1. The van der Waals surface area contributed by atoms with Crippen LogP contribution in [0.25, 0.3) is 6.08 Å². The van der Waals surface area contributed by atoms with Crippen LogP contribution in [0.4, 0.5) is 4.39 Å². The van der Waals surface area contributed by atoms with Gasteiger partial charge in [0.1, 0.15) is 29.2 Å². The molecule has 0 saturated carbocycles. The third-order valence-corrected chi connectivity index (χ3v) is 7.15. The molecule has 178 valence electrons. The Kier molecular flexibility index (Phi) is 7.28. The van der Waals surface area contributed by atoms with E-state index in [2.05, 4.69) is 11.9 Å². The Hall–Kier alpha value is -2.02. The maximum atomic E-state index is 15.4. The number of fused-ring (bicyclic) bond motifs is 1. The van der Waals surface area contributed by atoms with Crippen molar-refractivity contribution in [3.05, 3.63) is 23.7 Å². The van der Waals surface area contributed by atoms with Crippen LogP contribution in [0.3, 0.4) is 0 Å². The second-order valence-corrected chi connectivity index (χ2v) is 10.3. The zero-order chi connectivity index (χ0) is 23.6. The number of oxazole rings is 1. The molecule has 3 unspecified atom stereocenters. The van der Waals surface area contributed by atoms with Gasteiger partial charge in [-0.25, -0.2) is 9.37 Å². The molecule has 7 heteroatoms. The maximum Gasteiger partial charge on any atom is 0.305 e. The summed E-state index contributed by atoms with van der Waals surface area (Å²) >= 11 is 0. The molecule has 32 heavy (non-hydrogen) atoms. The minimum Gasteiger partial charge on any atom is -0.466 e. The number of halogens is 1. The van der Waals surface area contributed by atoms with Crippen LogP contribution in [0.1, 0.15) is 90.6 Å². The fraction of sp³-hybridized carbons (Fsp3) is 0.720. The first-order chi connectivity index (χ1) is 15.0. The summed E-state index contributed by atoms with van der Waals surface area (Å²) < 4.78 is 32.1. The van der Waals surface area contributed by atoms with E-state index in [4.69, 9.17) is 13.9 Å². The average Bonchev–Trinajstić information content (AvgIpc) is 3.10. The molecule has 0 aromatic carbocycles. The van der Waals surface area contributed by atoms with Gasteiger partial charge >= 0.3 is 5.97 Å². The molecule has 0 N–H and O–H groups in total. The number of rotatable bonds is 2. The van der Waals surface area contributed by atoms with E-state index in [1.165, 1.54) is 12.3 Å². The molecule has 0 bridgehead atoms. The van der Waals surface area contributed by atoms with Crippen molar-refractivity contribution in [3.8, 4) is 0 Å². The first-order valence-corrected chi connectivity index (χ1v) is 11.7. The lowest BCUT2D eigenvalue weighted by atomic mass is 9.80. The fourth-order valence-electron chi connectivity index (χ4n) is 4.62. The number of cyclic esters (lactones) is 1. The van der Waals surface area contributed by atoms with Crippen LogP contribution in [-0.2, 0) is 19.1 Å². The predicted molar refractivity (Wildman–Crippen MR) is 118 cm³/mol. The average molecular weight is 450 g/mol. The third-order valence-electron chi connectivity index (χ3n) is 7.15. The number of hydrogen-bond acceptors (Lipinski definition) is 6. The Bertz CT molecular complexity index is 875. The summed E-state index contributed by atoms with van der Waals surface area (Å²) in [5.74, 6) is 0.243. The van der Waals surface area contributed by atoms with Gasteiger partial charge in [-0.1, -0.05) is 33.6 Å². The molecule has 0 amide bonds. The van der Waals surface area contributed by atoms with Crippen molar-refractivity contribution in [3.63, 3.8) is 0 Å². The van der Waals surface area contributed by atoms with Crippen molar-refractivity contribution in [1.29, 1.82) is 0 Å². The number of esters is 1. The van der Waals surface area contributed by atoms with Crippen molar-refractivity contribution in [2.45, 2.75) is 97.2 Å². The van der Waals surface area contributed by atoms with Crippen LogP contribution < -0.4 is 0 Å². The van der Waals surface area contributed by atoms with Gasteiger partial charge in [0.05, 0.1) is 6.61 Å². The molecule has 2 saturated heterocycles. The van der Waals surface area contributed by atoms with Gasteiger partial charge in [-0.05, 0) is 32.1 Å². The van der Waals surface area contributed by atoms with Crippen LogP contribution in [0, 0.1) is 18.3 Å². The molecule has 0 aliphatic carbocycles. The molecule has 3 atom stereocenters. The standard InChI is InChI=1S/C25H36FNO5/c1-17-7-6-11-24(5)25(32-24,20(26)15-19-16-31-18(2)27-19)13-14-30-22(29)10-12-23(3,4)21(28)9-8-17/h15-17H,6-14H2,1-5H3. The van der Waals surface area contributed by atoms with Crippen LogP contribution in [0.2, 0.25) is 0 Å². The third kappa shape index (κ3) is 5.48. The van der Waals surface area contributed by atoms with E-state index in [1.807, 2.05) is 20.8 Å². The summed E-state index contributed by atoms with van der Waals surface area (Å²) in [6.07, 6.45) is 7.41. The molecular formula is C25H36FNO5. The lowest BCUT2D eigenvalue weighted by Gasteiger charge is -2.24. The van der Waals surface area contributed by atoms with Gasteiger partial charge < -0.3 is 13.9 Å². The van der Waals surface area contributed by atoms with E-state index in [9.17, 15) is 9.59 Å². The number of aromatic nitrogens is 1. The monoisotopic (exact) mass is 449 g/mol. The molecule has 1 aromatic heterocycles. The highest BCUT2D eigenvalue weighted by atomic mass is 19.1. The summed E-state index contributed by atoms with van der Waals surface area (Å²) in [6.45, 7) is 9.60. The van der Waals surface area contributed by atoms with E-state index >= 15 is 4.39 Å². The van der Waals surface area contributed by atoms with Gasteiger partial charge in [0.25, 0.3) is 0 Å². The molecule has 2 fully saturated rings. The zero-order valence-electron chi connectivity index (χ0n) is 20.0. The van der Waals surface area contributed by atoms with Crippen molar-refractivity contribution in [2.75, 3.05) is 6.61 Å². The molecule has 2 aliphatic rings. The highest BCUT2D eigenvalue weighted by Crippen LogP contribution is 2.58. The van der Waals surface area contributed by atoms with Gasteiger partial charge in [-0.15, -0.1) is 0 Å². The topological polar surface area (TPSA) is 81.9 Å². The number of ether oxygens (including phenoxy) is 2. The molecule has 6 nitrogen and oxygen atoms in total. The van der Waals surface area contributed by atoms with E-state index in [0.29, 0.717) is 36.8 Å². The van der Waals surface area contributed by atoms with Crippen LogP contribution in [0.5, 0.6) is 0 Å². The second-order valence-electron chi connectivity index (χ2n) is 10.3. The van der Waals surface area contributed by atoms with Crippen molar-refractivity contribution < 1.29 is 27.9 Å². The minimum absolute atomic E-state index is 0.0539. The van der Waals surface area contributed by atoms with Crippen LogP contribution >= 0.6 is 0 Å². The molecule has 3 heterocycles. The second kappa shape index (κ2) is 9.46. The summed E-state index contributed by atoms with van der Waals surface area (Å²) in [7, 11) is 0. The Morgan fingerprint density at radius 1 is 1.16 bits per heavy atom. The van der Waals surface area contributed by atoms with Crippen LogP contribution in [-0.4, -0.2) is 34.5 Å². The molecule has 1 aromatic rings. The largest absolute Gasteiger partial charge is 0.466 e. The fourth-order valence-corrected chi connectivity index (χ4v) is 4.62. The van der Waals surface area contributed by atoms with Gasteiger partial charge in [-0.2, -0.15) is 0 Å². The Morgan fingerprint density at radius 2 is 1.91 bits per heavy atom. The smallest absolute Gasteiger partial charge is 0.305 e. The lowest BCUT2D eigenvalue weighted by Crippen LogP contribution is -2.28. The molecule has 0 spiro atoms. The molecule has 2 aliphatic heterocycles. The highest BCUT2D eigenvalue weighted by Gasteiger charge is 2.68. The van der Waals surface area contributed by atoms with Crippen molar-refractivity contribution >= 4 is 17.8 Å².